The van der Waals surface area contributed by atoms with Crippen molar-refractivity contribution in [2.45, 2.75) is 25.3 Å². The van der Waals surface area contributed by atoms with Crippen molar-refractivity contribution in [1.29, 1.82) is 0 Å². The average Bonchev–Trinajstić information content (AvgIpc) is 3.35. The highest BCUT2D eigenvalue weighted by Gasteiger charge is 2.52. The summed E-state index contributed by atoms with van der Waals surface area (Å²) < 4.78 is 0. The largest absolute Gasteiger partial charge is 0.261 e. The van der Waals surface area contributed by atoms with Crippen molar-refractivity contribution in [1.82, 2.24) is 15.0 Å². The second kappa shape index (κ2) is 18.3. The Labute approximate surface area is 458 Å². The first-order chi connectivity index (χ1) is 39.0. The summed E-state index contributed by atoms with van der Waals surface area (Å²) >= 11 is 0. The van der Waals surface area contributed by atoms with E-state index in [-0.39, 0.29) is 5.41 Å². The molecule has 6 heteroatoms. The van der Waals surface area contributed by atoms with Gasteiger partial charge in [-0.3, -0.25) is 4.99 Å². The van der Waals surface area contributed by atoms with Crippen molar-refractivity contribution in [3.8, 4) is 56.4 Å². The van der Waals surface area contributed by atoms with E-state index in [9.17, 15) is 0 Å². The zero-order chi connectivity index (χ0) is 52.7. The molecule has 1 unspecified atom stereocenters. The quantitative estimate of drug-likeness (QED) is 0.118. The van der Waals surface area contributed by atoms with E-state index >= 15 is 0 Å². The van der Waals surface area contributed by atoms with E-state index in [0.29, 0.717) is 35.7 Å². The smallest absolute Gasteiger partial charge is 0.164 e. The van der Waals surface area contributed by atoms with Gasteiger partial charge in [0.15, 0.2) is 29.1 Å². The van der Waals surface area contributed by atoms with E-state index in [1.165, 1.54) is 50.1 Å². The van der Waals surface area contributed by atoms with Crippen LogP contribution in [0.5, 0.6) is 0 Å². The summed E-state index contributed by atoms with van der Waals surface area (Å²) in [5.74, 6) is 3.02. The monoisotopic (exact) mass is 1010 g/mol. The molecule has 1 aromatic heterocycles. The number of fused-ring (bicyclic) bond motifs is 14. The summed E-state index contributed by atoms with van der Waals surface area (Å²) in [6.45, 7) is 6.73. The molecule has 0 saturated carbocycles. The number of aromatic nitrogens is 3. The fraction of sp³-hybridized carbons (Fsp3) is 0.0685. The van der Waals surface area contributed by atoms with Crippen LogP contribution in [-0.4, -0.2) is 33.3 Å². The van der Waals surface area contributed by atoms with Crippen molar-refractivity contribution < 1.29 is 0 Å². The van der Waals surface area contributed by atoms with Gasteiger partial charge in [0.25, 0.3) is 0 Å². The molecule has 79 heavy (non-hydrogen) atoms. The van der Waals surface area contributed by atoms with Crippen LogP contribution in [0.2, 0.25) is 0 Å². The maximum atomic E-state index is 5.49. The fourth-order valence-corrected chi connectivity index (χ4v) is 13.0. The number of benzene rings is 10. The van der Waals surface area contributed by atoms with Gasteiger partial charge in [0, 0.05) is 33.2 Å². The number of rotatable bonds is 7. The third kappa shape index (κ3) is 7.32. The van der Waals surface area contributed by atoms with Crippen LogP contribution < -0.4 is 0 Å². The summed E-state index contributed by atoms with van der Waals surface area (Å²) in [6, 6.07) is 76.0. The van der Waals surface area contributed by atoms with E-state index in [2.05, 4.69) is 267 Å². The molecule has 0 bridgehead atoms. The summed E-state index contributed by atoms with van der Waals surface area (Å²) in [7, 11) is 0. The Morgan fingerprint density at radius 2 is 1.01 bits per heavy atom. The van der Waals surface area contributed by atoms with Crippen molar-refractivity contribution >= 4 is 50.7 Å². The van der Waals surface area contributed by atoms with Gasteiger partial charge in [0.05, 0.1) is 12.0 Å². The Hall–Kier alpha value is -10.0. The molecule has 15 rings (SSSR count). The molecule has 0 saturated heterocycles. The lowest BCUT2D eigenvalue weighted by Crippen LogP contribution is -2.26. The molecule has 0 amide bonds. The Kier molecular flexibility index (Phi) is 10.7. The molecule has 0 radical (unpaired) electrons. The van der Waals surface area contributed by atoms with Gasteiger partial charge in [-0.1, -0.05) is 250 Å². The average molecular weight is 1010 g/mol. The Morgan fingerprint density at radius 3 is 1.68 bits per heavy atom. The highest BCUT2D eigenvalue weighted by Crippen LogP contribution is 2.63. The minimum atomic E-state index is -0.663. The molecule has 4 aliphatic rings. The second-order valence-corrected chi connectivity index (χ2v) is 21.2. The molecule has 0 aliphatic heterocycles. The number of aliphatic imine (C=N–C) groups is 3. The molecule has 11 aromatic rings. The summed E-state index contributed by atoms with van der Waals surface area (Å²) in [5.41, 5.74) is 15.8. The Morgan fingerprint density at radius 1 is 0.481 bits per heavy atom. The maximum absolute atomic E-state index is 5.49. The first-order valence-electron chi connectivity index (χ1n) is 27.0. The molecule has 10 aromatic carbocycles. The molecule has 0 N–H and O–H groups in total. The minimum Gasteiger partial charge on any atom is -0.261 e. The van der Waals surface area contributed by atoms with Gasteiger partial charge in [-0.15, -0.1) is 0 Å². The normalized spacial score (nSPS) is 16.6. The van der Waals surface area contributed by atoms with Crippen LogP contribution >= 0.6 is 0 Å². The number of hydrogen-bond donors (Lipinski definition) is 0. The van der Waals surface area contributed by atoms with Gasteiger partial charge in [-0.25, -0.2) is 24.9 Å². The maximum Gasteiger partial charge on any atom is 0.164 e. The Bertz CT molecular complexity index is 4450. The SMILES string of the molecule is C=N/C(=N\C(=N/Cc1ccc2c(c1)C1(c3ccccc3-c3ccccc31)c1cc(-c3nc(-c4cccc5ccccc45)nc(-c4cccc5ccccc45)n3)ccc1-2)c1cccc2ccccc12)C1=CC=CC2(C)CC=CC=C12. The minimum absolute atomic E-state index is 0.163. The molecule has 4 aliphatic carbocycles. The van der Waals surface area contributed by atoms with Crippen molar-refractivity contribution in [2.75, 3.05) is 0 Å². The van der Waals surface area contributed by atoms with E-state index in [1.807, 2.05) is 0 Å². The van der Waals surface area contributed by atoms with Crippen LogP contribution in [0.15, 0.2) is 275 Å². The molecule has 1 spiro atoms. The summed E-state index contributed by atoms with van der Waals surface area (Å²) in [4.78, 5) is 31.7. The highest BCUT2D eigenvalue weighted by atomic mass is 15.0. The van der Waals surface area contributed by atoms with Crippen LogP contribution in [0.1, 0.15) is 46.7 Å². The number of amidine groups is 2. The number of allylic oxidation sites excluding steroid dienone is 6. The van der Waals surface area contributed by atoms with E-state index in [0.717, 1.165) is 72.1 Å². The van der Waals surface area contributed by atoms with Gasteiger partial charge in [0.2, 0.25) is 0 Å². The van der Waals surface area contributed by atoms with E-state index in [4.69, 9.17) is 24.9 Å². The number of hydrogen-bond acceptors (Lipinski definition) is 4. The predicted octanol–water partition coefficient (Wildman–Crippen LogP) is 17.1. The lowest BCUT2D eigenvalue weighted by Gasteiger charge is -2.34. The van der Waals surface area contributed by atoms with Gasteiger partial charge in [0.1, 0.15) is 0 Å². The van der Waals surface area contributed by atoms with Crippen molar-refractivity contribution in [2.24, 2.45) is 20.4 Å². The molecule has 372 valence electrons. The summed E-state index contributed by atoms with van der Waals surface area (Å²) in [5, 5.41) is 6.62. The standard InChI is InChI=1S/C73H50N6/c1-72-41-14-13-34-62(72)61(33-18-42-72)68(74-2)78-69(58-30-15-22-47-19-3-6-25-51(47)58)75-45-46-37-39-56-57-40-38-50(44-66(57)73(65(56)43-46)63-35-11-9-28-54(63)55-29-10-12-36-64(55)73)67-76-70(59-31-16-23-48-20-4-7-26-52(48)59)79-71(77-67)60-32-17-24-49-21-5-8-27-53(49)60/h3-40,42-44H,2,41,45H2,1H3/b75-69-,78-68-. The lowest BCUT2D eigenvalue weighted by atomic mass is 9.70. The highest BCUT2D eigenvalue weighted by molar-refractivity contribution is 6.18. The van der Waals surface area contributed by atoms with Gasteiger partial charge in [-0.2, -0.15) is 0 Å². The fourth-order valence-electron chi connectivity index (χ4n) is 13.0. The molecule has 1 heterocycles. The van der Waals surface area contributed by atoms with E-state index in [1.54, 1.807) is 0 Å². The topological polar surface area (TPSA) is 75.8 Å². The van der Waals surface area contributed by atoms with Crippen molar-refractivity contribution in [3.05, 3.63) is 293 Å². The third-order valence-corrected chi connectivity index (χ3v) is 16.7. The molecular formula is C73H50N6. The molecule has 1 atom stereocenters. The zero-order valence-corrected chi connectivity index (χ0v) is 43.5. The third-order valence-electron chi connectivity index (χ3n) is 16.7. The van der Waals surface area contributed by atoms with Crippen LogP contribution in [-0.2, 0) is 12.0 Å². The summed E-state index contributed by atoms with van der Waals surface area (Å²) in [6.07, 6.45) is 13.9. The lowest BCUT2D eigenvalue weighted by molar-refractivity contribution is 0.523. The second-order valence-electron chi connectivity index (χ2n) is 21.2. The Balaban J connectivity index is 0.912. The first-order valence-corrected chi connectivity index (χ1v) is 27.0. The van der Waals surface area contributed by atoms with Gasteiger partial charge >= 0.3 is 0 Å². The predicted molar refractivity (Wildman–Crippen MR) is 326 cm³/mol. The molecular weight excluding hydrogens is 961 g/mol. The van der Waals surface area contributed by atoms with Gasteiger partial charge in [-0.05, 0) is 107 Å². The zero-order valence-electron chi connectivity index (χ0n) is 43.5. The van der Waals surface area contributed by atoms with Crippen molar-refractivity contribution in [3.63, 3.8) is 0 Å². The van der Waals surface area contributed by atoms with Gasteiger partial charge < -0.3 is 0 Å². The molecule has 0 fully saturated rings. The van der Waals surface area contributed by atoms with E-state index < -0.39 is 5.41 Å². The molecule has 6 nitrogen and oxygen atoms in total. The van der Waals surface area contributed by atoms with Crippen LogP contribution in [0.3, 0.4) is 0 Å². The van der Waals surface area contributed by atoms with Crippen LogP contribution in [0.4, 0.5) is 0 Å². The van der Waals surface area contributed by atoms with Crippen LogP contribution in [0.25, 0.3) is 88.7 Å². The first kappa shape index (κ1) is 46.3. The van der Waals surface area contributed by atoms with Crippen LogP contribution in [0, 0.1) is 5.41 Å². The number of nitrogens with zero attached hydrogens (tertiary/aromatic N) is 6.